The second-order valence-electron chi connectivity index (χ2n) is 7.18. The van der Waals surface area contributed by atoms with Crippen LogP contribution in [0.1, 0.15) is 30.0 Å². The molecule has 0 aliphatic carbocycles. The van der Waals surface area contributed by atoms with E-state index < -0.39 is 0 Å². The lowest BCUT2D eigenvalue weighted by atomic mass is 9.98. The summed E-state index contributed by atoms with van der Waals surface area (Å²) in [7, 11) is 0. The zero-order valence-corrected chi connectivity index (χ0v) is 16.9. The number of benzene rings is 3. The molecule has 0 bridgehead atoms. The van der Waals surface area contributed by atoms with Gasteiger partial charge in [-0.15, -0.1) is 0 Å². The summed E-state index contributed by atoms with van der Waals surface area (Å²) in [6.07, 6.45) is 1.85. The molecule has 0 aromatic heterocycles. The molecular formula is C27H26N2. The SMILES string of the molecule is C=C1C(CC)=C(c2ccccc2)N=C(c2ccccc2)N1CCc1ccccc1. The number of hydrogen-bond donors (Lipinski definition) is 0. The van der Waals surface area contributed by atoms with Crippen LogP contribution in [0, 0.1) is 0 Å². The number of allylic oxidation sites excluding steroid dienone is 1. The molecular weight excluding hydrogens is 352 g/mol. The molecule has 0 atom stereocenters. The molecule has 0 radical (unpaired) electrons. The fraction of sp³-hybridized carbons (Fsp3) is 0.148. The Kier molecular flexibility index (Phi) is 5.71. The van der Waals surface area contributed by atoms with E-state index in [-0.39, 0.29) is 0 Å². The molecule has 144 valence electrons. The van der Waals surface area contributed by atoms with Crippen LogP contribution in [0.2, 0.25) is 0 Å². The first-order valence-electron chi connectivity index (χ1n) is 10.2. The van der Waals surface area contributed by atoms with Gasteiger partial charge < -0.3 is 4.90 Å². The maximum atomic E-state index is 5.18. The van der Waals surface area contributed by atoms with Gasteiger partial charge >= 0.3 is 0 Å². The van der Waals surface area contributed by atoms with Crippen molar-refractivity contribution in [2.75, 3.05) is 6.54 Å². The van der Waals surface area contributed by atoms with Gasteiger partial charge in [-0.3, -0.25) is 0 Å². The normalized spacial score (nSPS) is 14.2. The quantitative estimate of drug-likeness (QED) is 0.489. The van der Waals surface area contributed by atoms with Crippen LogP contribution < -0.4 is 0 Å². The summed E-state index contributed by atoms with van der Waals surface area (Å²) >= 11 is 0. The molecule has 0 fully saturated rings. The maximum Gasteiger partial charge on any atom is 0.141 e. The van der Waals surface area contributed by atoms with Gasteiger partial charge in [0, 0.05) is 28.9 Å². The average molecular weight is 379 g/mol. The molecule has 0 N–H and O–H groups in total. The molecule has 4 rings (SSSR count). The lowest BCUT2D eigenvalue weighted by Crippen LogP contribution is -2.36. The van der Waals surface area contributed by atoms with Gasteiger partial charge in [0.05, 0.1) is 5.70 Å². The van der Waals surface area contributed by atoms with E-state index in [1.807, 2.05) is 12.1 Å². The first-order valence-corrected chi connectivity index (χ1v) is 10.2. The minimum atomic E-state index is 0.849. The third kappa shape index (κ3) is 4.07. The predicted octanol–water partition coefficient (Wildman–Crippen LogP) is 6.33. The van der Waals surface area contributed by atoms with Crippen LogP contribution >= 0.6 is 0 Å². The fourth-order valence-electron chi connectivity index (χ4n) is 3.80. The highest BCUT2D eigenvalue weighted by Gasteiger charge is 2.26. The van der Waals surface area contributed by atoms with Crippen LogP contribution in [0.5, 0.6) is 0 Å². The number of rotatable bonds is 6. The van der Waals surface area contributed by atoms with Crippen LogP contribution in [0.25, 0.3) is 5.70 Å². The average Bonchev–Trinajstić information content (AvgIpc) is 2.79. The van der Waals surface area contributed by atoms with Crippen molar-refractivity contribution in [2.45, 2.75) is 19.8 Å². The summed E-state index contributed by atoms with van der Waals surface area (Å²) in [6, 6.07) is 31.5. The molecule has 0 amide bonds. The van der Waals surface area contributed by atoms with E-state index in [0.717, 1.165) is 47.7 Å². The Balaban J connectivity index is 1.76. The lowest BCUT2D eigenvalue weighted by molar-refractivity contribution is 0.517. The zero-order valence-electron chi connectivity index (χ0n) is 16.9. The first kappa shape index (κ1) is 18.9. The fourth-order valence-corrected chi connectivity index (χ4v) is 3.80. The van der Waals surface area contributed by atoms with E-state index in [1.54, 1.807) is 0 Å². The van der Waals surface area contributed by atoms with E-state index in [4.69, 9.17) is 4.99 Å². The summed E-state index contributed by atoms with van der Waals surface area (Å²) in [4.78, 5) is 7.47. The van der Waals surface area contributed by atoms with Crippen LogP contribution in [0.4, 0.5) is 0 Å². The van der Waals surface area contributed by atoms with E-state index >= 15 is 0 Å². The summed E-state index contributed by atoms with van der Waals surface area (Å²) < 4.78 is 0. The highest BCUT2D eigenvalue weighted by Crippen LogP contribution is 2.34. The van der Waals surface area contributed by atoms with E-state index in [1.165, 1.54) is 11.1 Å². The number of hydrogen-bond acceptors (Lipinski definition) is 2. The van der Waals surface area contributed by atoms with Gasteiger partial charge in [0.25, 0.3) is 0 Å². The van der Waals surface area contributed by atoms with E-state index in [0.29, 0.717) is 0 Å². The standard InChI is InChI=1S/C27H26N2/c1-3-25-21(2)29(20-19-22-13-7-4-8-14-22)27(24-17-11-6-12-18-24)28-26(25)23-15-9-5-10-16-23/h4-18H,2-3,19-20H2,1H3. The van der Waals surface area contributed by atoms with Gasteiger partial charge in [0.15, 0.2) is 0 Å². The Bertz CT molecular complexity index is 1030. The monoisotopic (exact) mass is 378 g/mol. The van der Waals surface area contributed by atoms with Crippen LogP contribution in [0.3, 0.4) is 0 Å². The molecule has 3 aromatic rings. The summed E-state index contributed by atoms with van der Waals surface area (Å²) in [6.45, 7) is 7.53. The minimum absolute atomic E-state index is 0.849. The van der Waals surface area contributed by atoms with Crippen molar-refractivity contribution in [3.63, 3.8) is 0 Å². The van der Waals surface area contributed by atoms with E-state index in [2.05, 4.69) is 97.3 Å². The zero-order chi connectivity index (χ0) is 20.1. The van der Waals surface area contributed by atoms with Crippen molar-refractivity contribution in [3.8, 4) is 0 Å². The molecule has 2 nitrogen and oxygen atoms in total. The van der Waals surface area contributed by atoms with Crippen LogP contribution in [-0.2, 0) is 6.42 Å². The van der Waals surface area contributed by atoms with Gasteiger partial charge in [-0.2, -0.15) is 0 Å². The molecule has 1 aliphatic heterocycles. The molecule has 0 unspecified atom stereocenters. The molecule has 0 saturated heterocycles. The summed E-state index contributed by atoms with van der Waals surface area (Å²) in [5, 5.41) is 0. The van der Waals surface area contributed by atoms with Crippen molar-refractivity contribution in [3.05, 3.63) is 126 Å². The smallest absolute Gasteiger partial charge is 0.141 e. The molecule has 0 saturated carbocycles. The third-order valence-corrected chi connectivity index (χ3v) is 5.33. The molecule has 0 spiro atoms. The Morgan fingerprint density at radius 3 is 1.90 bits per heavy atom. The Morgan fingerprint density at radius 1 is 0.759 bits per heavy atom. The first-order chi connectivity index (χ1) is 14.3. The topological polar surface area (TPSA) is 15.6 Å². The van der Waals surface area contributed by atoms with Gasteiger partial charge in [-0.25, -0.2) is 4.99 Å². The number of amidine groups is 1. The van der Waals surface area contributed by atoms with Gasteiger partial charge in [-0.1, -0.05) is 104 Å². The second-order valence-corrected chi connectivity index (χ2v) is 7.18. The summed E-state index contributed by atoms with van der Waals surface area (Å²) in [5.41, 5.74) is 6.88. The van der Waals surface area contributed by atoms with Crippen molar-refractivity contribution < 1.29 is 0 Å². The largest absolute Gasteiger partial charge is 0.326 e. The Hall–Kier alpha value is -3.39. The van der Waals surface area contributed by atoms with Crippen molar-refractivity contribution in [2.24, 2.45) is 4.99 Å². The highest BCUT2D eigenvalue weighted by atomic mass is 15.2. The summed E-state index contributed by atoms with van der Waals surface area (Å²) in [5.74, 6) is 0.975. The second kappa shape index (κ2) is 8.74. The molecule has 3 aromatic carbocycles. The Labute approximate surface area is 173 Å². The lowest BCUT2D eigenvalue weighted by Gasteiger charge is -2.34. The van der Waals surface area contributed by atoms with Crippen LogP contribution in [-0.4, -0.2) is 17.3 Å². The highest BCUT2D eigenvalue weighted by molar-refractivity contribution is 6.05. The van der Waals surface area contributed by atoms with Crippen molar-refractivity contribution in [1.29, 1.82) is 0 Å². The van der Waals surface area contributed by atoms with Gasteiger partial charge in [-0.05, 0) is 18.4 Å². The van der Waals surface area contributed by atoms with Crippen molar-refractivity contribution >= 4 is 11.5 Å². The predicted molar refractivity (Wildman–Crippen MR) is 123 cm³/mol. The molecule has 1 heterocycles. The van der Waals surface area contributed by atoms with Crippen LogP contribution in [0.15, 0.2) is 114 Å². The molecule has 2 heteroatoms. The third-order valence-electron chi connectivity index (χ3n) is 5.33. The van der Waals surface area contributed by atoms with Gasteiger partial charge in [0.1, 0.15) is 5.84 Å². The minimum Gasteiger partial charge on any atom is -0.326 e. The maximum absolute atomic E-state index is 5.18. The molecule has 29 heavy (non-hydrogen) atoms. The van der Waals surface area contributed by atoms with Crippen molar-refractivity contribution in [1.82, 2.24) is 4.90 Å². The molecule has 1 aliphatic rings. The number of nitrogens with zero attached hydrogens (tertiary/aromatic N) is 2. The van der Waals surface area contributed by atoms with Gasteiger partial charge in [0.2, 0.25) is 0 Å². The van der Waals surface area contributed by atoms with E-state index in [9.17, 15) is 0 Å². The number of aliphatic imine (C=N–C) groups is 1. The Morgan fingerprint density at radius 2 is 1.31 bits per heavy atom.